The second kappa shape index (κ2) is 7.54. The van der Waals surface area contributed by atoms with Gasteiger partial charge in [0.25, 0.3) is 0 Å². The predicted octanol–water partition coefficient (Wildman–Crippen LogP) is 2.58. The van der Waals surface area contributed by atoms with Gasteiger partial charge >= 0.3 is 5.97 Å². The third kappa shape index (κ3) is 4.14. The molecule has 2 aromatic rings. The lowest BCUT2D eigenvalue weighted by Gasteiger charge is -2.02. The maximum atomic E-state index is 11.3. The van der Waals surface area contributed by atoms with Crippen LogP contribution in [0.1, 0.15) is 4.88 Å². The summed E-state index contributed by atoms with van der Waals surface area (Å²) in [6.07, 6.45) is 3.41. The van der Waals surface area contributed by atoms with Gasteiger partial charge in [0.2, 0.25) is 5.88 Å². The summed E-state index contributed by atoms with van der Waals surface area (Å²) >= 11 is 2.15. The SMILES string of the molecule is Cc1sc(-c2cccnc2)nc1OCC(=O)OSPO. The van der Waals surface area contributed by atoms with Gasteiger partial charge in [0.05, 0.1) is 4.88 Å². The van der Waals surface area contributed by atoms with Crippen LogP contribution in [-0.2, 0) is 8.98 Å². The van der Waals surface area contributed by atoms with Crippen LogP contribution < -0.4 is 4.74 Å². The van der Waals surface area contributed by atoms with Crippen molar-refractivity contribution >= 4 is 37.0 Å². The van der Waals surface area contributed by atoms with E-state index in [1.807, 2.05) is 19.1 Å². The Bertz CT molecular complexity index is 579. The van der Waals surface area contributed by atoms with Gasteiger partial charge in [0, 0.05) is 18.0 Å². The molecule has 0 aromatic carbocycles. The van der Waals surface area contributed by atoms with E-state index in [-0.39, 0.29) is 6.61 Å². The van der Waals surface area contributed by atoms with Crippen molar-refractivity contribution in [3.63, 3.8) is 0 Å². The summed E-state index contributed by atoms with van der Waals surface area (Å²) in [5, 5.41) is 0.783. The summed E-state index contributed by atoms with van der Waals surface area (Å²) in [4.78, 5) is 29.0. The predicted molar refractivity (Wildman–Crippen MR) is 79.8 cm³/mol. The van der Waals surface area contributed by atoms with Crippen molar-refractivity contribution in [2.75, 3.05) is 6.61 Å². The lowest BCUT2D eigenvalue weighted by Crippen LogP contribution is -2.11. The van der Waals surface area contributed by atoms with Crippen molar-refractivity contribution in [2.45, 2.75) is 6.92 Å². The molecule has 0 fully saturated rings. The zero-order valence-corrected chi connectivity index (χ0v) is 13.0. The van der Waals surface area contributed by atoms with Crippen LogP contribution in [0.15, 0.2) is 24.5 Å². The van der Waals surface area contributed by atoms with Gasteiger partial charge in [-0.1, -0.05) is 0 Å². The highest BCUT2D eigenvalue weighted by atomic mass is 32.7. The topological polar surface area (TPSA) is 81.5 Å². The Labute approximate surface area is 125 Å². The van der Waals surface area contributed by atoms with Crippen LogP contribution in [0.4, 0.5) is 0 Å². The molecule has 9 heteroatoms. The molecule has 6 nitrogen and oxygen atoms in total. The van der Waals surface area contributed by atoms with Gasteiger partial charge in [-0.05, 0) is 19.1 Å². The van der Waals surface area contributed by atoms with E-state index in [4.69, 9.17) is 9.63 Å². The number of hydrogen-bond donors (Lipinski definition) is 1. The molecule has 106 valence electrons. The number of carbonyl (C=O) groups excluding carboxylic acids is 1. The largest absolute Gasteiger partial charge is 0.465 e. The number of carbonyl (C=O) groups is 1. The first kappa shape index (κ1) is 15.2. The van der Waals surface area contributed by atoms with E-state index in [9.17, 15) is 4.79 Å². The first-order valence-corrected chi connectivity index (χ1v) is 8.69. The smallest absolute Gasteiger partial charge is 0.356 e. The first-order valence-electron chi connectivity index (χ1n) is 5.46. The van der Waals surface area contributed by atoms with E-state index in [0.29, 0.717) is 17.5 Å². The Kier molecular flexibility index (Phi) is 5.72. The molecular weight excluding hydrogens is 319 g/mol. The normalized spacial score (nSPS) is 10.9. The van der Waals surface area contributed by atoms with Crippen molar-refractivity contribution in [1.29, 1.82) is 0 Å². The minimum absolute atomic E-state index is 0.242. The summed E-state index contributed by atoms with van der Waals surface area (Å²) in [7, 11) is -0.498. The summed E-state index contributed by atoms with van der Waals surface area (Å²) in [6.45, 7) is 1.62. The number of nitrogens with zero attached hydrogens (tertiary/aromatic N) is 2. The van der Waals surface area contributed by atoms with Crippen molar-refractivity contribution < 1.29 is 18.6 Å². The van der Waals surface area contributed by atoms with Crippen LogP contribution in [0.3, 0.4) is 0 Å². The number of aryl methyl sites for hydroxylation is 1. The summed E-state index contributed by atoms with van der Waals surface area (Å²) in [5.74, 6) is -0.158. The Morgan fingerprint density at radius 3 is 3.15 bits per heavy atom. The molecule has 2 rings (SSSR count). The molecule has 0 aliphatic heterocycles. The number of hydrogen-bond acceptors (Lipinski definition) is 8. The molecule has 0 saturated heterocycles. The highest BCUT2D eigenvalue weighted by Crippen LogP contribution is 2.31. The highest BCUT2D eigenvalue weighted by molar-refractivity contribution is 8.45. The molecule has 0 spiro atoms. The molecule has 2 aromatic heterocycles. The quantitative estimate of drug-likeness (QED) is 0.644. The zero-order valence-electron chi connectivity index (χ0n) is 10.4. The third-order valence-electron chi connectivity index (χ3n) is 2.16. The molecule has 0 aliphatic rings. The molecule has 0 radical (unpaired) electrons. The molecule has 0 bridgehead atoms. The van der Waals surface area contributed by atoms with Gasteiger partial charge in [-0.2, -0.15) is 0 Å². The van der Waals surface area contributed by atoms with Crippen LogP contribution >= 0.6 is 31.0 Å². The van der Waals surface area contributed by atoms with Crippen LogP contribution in [0.2, 0.25) is 0 Å². The minimum atomic E-state index is -0.563. The molecule has 1 unspecified atom stereocenters. The van der Waals surface area contributed by atoms with Gasteiger partial charge < -0.3 is 13.8 Å². The second-order valence-electron chi connectivity index (χ2n) is 3.54. The zero-order chi connectivity index (χ0) is 14.4. The van der Waals surface area contributed by atoms with Gasteiger partial charge in [0.15, 0.2) is 6.61 Å². The minimum Gasteiger partial charge on any atom is -0.465 e. The van der Waals surface area contributed by atoms with Gasteiger partial charge in [0.1, 0.15) is 24.7 Å². The number of pyridine rings is 1. The maximum Gasteiger partial charge on any atom is 0.356 e. The summed E-state index contributed by atoms with van der Waals surface area (Å²) < 4.78 is 9.94. The molecule has 1 N–H and O–H groups in total. The second-order valence-corrected chi connectivity index (χ2v) is 6.31. The van der Waals surface area contributed by atoms with E-state index in [1.165, 1.54) is 11.3 Å². The Balaban J connectivity index is 2.00. The highest BCUT2D eigenvalue weighted by Gasteiger charge is 2.13. The molecule has 20 heavy (non-hydrogen) atoms. The van der Waals surface area contributed by atoms with E-state index < -0.39 is 14.0 Å². The fourth-order valence-electron chi connectivity index (χ4n) is 1.35. The third-order valence-corrected chi connectivity index (χ3v) is 3.98. The Hall–Kier alpha value is -1.21. The van der Waals surface area contributed by atoms with Crippen LogP contribution in [0.5, 0.6) is 5.88 Å². The van der Waals surface area contributed by atoms with E-state index in [0.717, 1.165) is 15.4 Å². The van der Waals surface area contributed by atoms with Crippen molar-refractivity contribution in [3.05, 3.63) is 29.4 Å². The van der Waals surface area contributed by atoms with Gasteiger partial charge in [-0.3, -0.25) is 4.98 Å². The lowest BCUT2D eigenvalue weighted by molar-refractivity contribution is -0.135. The van der Waals surface area contributed by atoms with E-state index >= 15 is 0 Å². The molecule has 0 amide bonds. The summed E-state index contributed by atoms with van der Waals surface area (Å²) in [5.41, 5.74) is 0.898. The number of rotatable bonds is 6. The van der Waals surface area contributed by atoms with Crippen LogP contribution in [-0.4, -0.2) is 27.4 Å². The fraction of sp³-hybridized carbons (Fsp3) is 0.182. The van der Waals surface area contributed by atoms with E-state index in [1.54, 1.807) is 12.4 Å². The van der Waals surface area contributed by atoms with Gasteiger partial charge in [-0.15, -0.1) is 11.3 Å². The van der Waals surface area contributed by atoms with Crippen LogP contribution in [0.25, 0.3) is 10.6 Å². The van der Waals surface area contributed by atoms with Crippen molar-refractivity contribution in [1.82, 2.24) is 9.97 Å². The monoisotopic (exact) mass is 330 g/mol. The molecule has 1 atom stereocenters. The molecule has 2 heterocycles. The molecular formula is C11H11N2O4PS2. The van der Waals surface area contributed by atoms with Crippen molar-refractivity contribution in [2.24, 2.45) is 0 Å². The van der Waals surface area contributed by atoms with Crippen LogP contribution in [0, 0.1) is 6.92 Å². The Morgan fingerprint density at radius 2 is 2.45 bits per heavy atom. The van der Waals surface area contributed by atoms with E-state index in [2.05, 4.69) is 14.2 Å². The lowest BCUT2D eigenvalue weighted by atomic mass is 10.3. The van der Waals surface area contributed by atoms with Gasteiger partial charge in [-0.25, -0.2) is 9.78 Å². The molecule has 0 aliphatic carbocycles. The number of thiazole rings is 1. The first-order chi connectivity index (χ1) is 9.70. The Morgan fingerprint density at radius 1 is 1.60 bits per heavy atom. The fourth-order valence-corrected chi connectivity index (χ4v) is 2.76. The number of aromatic nitrogens is 2. The average molecular weight is 330 g/mol. The standard InChI is InChI=1S/C11H11N2O4PS2/c1-7-10(16-6-9(14)17-20-18-15)13-11(19-7)8-3-2-4-12-5-8/h2-5,15,18H,6H2,1H3. The molecule has 0 saturated carbocycles. The average Bonchev–Trinajstić information content (AvgIpc) is 2.85. The van der Waals surface area contributed by atoms with Crippen molar-refractivity contribution in [3.8, 4) is 16.5 Å². The maximum absolute atomic E-state index is 11.3. The number of ether oxygens (including phenoxy) is 1. The summed E-state index contributed by atoms with van der Waals surface area (Å²) in [6, 6.07) is 3.74.